The van der Waals surface area contributed by atoms with Crippen molar-refractivity contribution in [1.29, 1.82) is 0 Å². The molecule has 1 aromatic carbocycles. The average Bonchev–Trinajstić information content (AvgIpc) is 2.79. The third-order valence-electron chi connectivity index (χ3n) is 5.19. The molecule has 2 heterocycles. The SMILES string of the molecule is CC[C@]1(c2cc(CC(=O)c3ccc(F)cn3)ccc2F)N=C(N)COCC1(C)F. The quantitative estimate of drug-likeness (QED) is 0.773. The zero-order chi connectivity index (χ0) is 21.2. The molecule has 2 N–H and O–H groups in total. The average molecular weight is 405 g/mol. The van der Waals surface area contributed by atoms with E-state index in [-0.39, 0.29) is 48.9 Å². The van der Waals surface area contributed by atoms with Gasteiger partial charge < -0.3 is 10.5 Å². The summed E-state index contributed by atoms with van der Waals surface area (Å²) in [6.45, 7) is 2.66. The predicted octanol–water partition coefficient (Wildman–Crippen LogP) is 3.51. The molecule has 1 unspecified atom stereocenters. The van der Waals surface area contributed by atoms with Gasteiger partial charge in [-0.15, -0.1) is 0 Å². The Balaban J connectivity index is 2.02. The van der Waals surface area contributed by atoms with Gasteiger partial charge in [-0.2, -0.15) is 0 Å². The van der Waals surface area contributed by atoms with Gasteiger partial charge in [0.25, 0.3) is 0 Å². The minimum Gasteiger partial charge on any atom is -0.386 e. The zero-order valence-corrected chi connectivity index (χ0v) is 16.2. The fourth-order valence-electron chi connectivity index (χ4n) is 3.66. The van der Waals surface area contributed by atoms with Gasteiger partial charge >= 0.3 is 0 Å². The third-order valence-corrected chi connectivity index (χ3v) is 5.19. The summed E-state index contributed by atoms with van der Waals surface area (Å²) >= 11 is 0. The van der Waals surface area contributed by atoms with Crippen LogP contribution in [-0.2, 0) is 16.7 Å². The lowest BCUT2D eigenvalue weighted by molar-refractivity contribution is -0.00941. The van der Waals surface area contributed by atoms with Crippen LogP contribution in [0.25, 0.3) is 0 Å². The number of Topliss-reactive ketones (excluding diaryl/α,β-unsaturated/α-hetero) is 1. The number of carbonyl (C=O) groups excluding carboxylic acids is 1. The number of hydrogen-bond acceptors (Lipinski definition) is 5. The number of aromatic nitrogens is 1. The van der Waals surface area contributed by atoms with Gasteiger partial charge in [-0.3, -0.25) is 14.8 Å². The fraction of sp³-hybridized carbons (Fsp3) is 0.381. The number of benzene rings is 1. The number of ether oxygens (including phenoxy) is 1. The number of aliphatic imine (C=N–C) groups is 1. The molecule has 0 saturated carbocycles. The van der Waals surface area contributed by atoms with Crippen LogP contribution >= 0.6 is 0 Å². The van der Waals surface area contributed by atoms with E-state index in [1.54, 1.807) is 6.92 Å². The Morgan fingerprint density at radius 2 is 2.03 bits per heavy atom. The predicted molar refractivity (Wildman–Crippen MR) is 103 cm³/mol. The first-order valence-corrected chi connectivity index (χ1v) is 9.23. The summed E-state index contributed by atoms with van der Waals surface area (Å²) in [6.07, 6.45) is 0.981. The van der Waals surface area contributed by atoms with E-state index < -0.39 is 22.8 Å². The molecule has 5 nitrogen and oxygen atoms in total. The molecule has 3 rings (SSSR count). The van der Waals surface area contributed by atoms with E-state index in [0.717, 1.165) is 12.3 Å². The summed E-state index contributed by atoms with van der Waals surface area (Å²) in [4.78, 5) is 20.5. The van der Waals surface area contributed by atoms with Gasteiger partial charge in [-0.05, 0) is 43.2 Å². The molecule has 0 radical (unpaired) electrons. The monoisotopic (exact) mass is 405 g/mol. The molecule has 0 amide bonds. The van der Waals surface area contributed by atoms with Crippen LogP contribution in [0.1, 0.15) is 41.9 Å². The summed E-state index contributed by atoms with van der Waals surface area (Å²) in [5, 5.41) is 0. The molecule has 154 valence electrons. The maximum atomic E-state index is 15.6. The van der Waals surface area contributed by atoms with Gasteiger partial charge in [0, 0.05) is 12.0 Å². The maximum Gasteiger partial charge on any atom is 0.185 e. The largest absolute Gasteiger partial charge is 0.386 e. The summed E-state index contributed by atoms with van der Waals surface area (Å²) in [6, 6.07) is 6.47. The lowest BCUT2D eigenvalue weighted by Crippen LogP contribution is -2.48. The Morgan fingerprint density at radius 3 is 2.69 bits per heavy atom. The minimum absolute atomic E-state index is 0.0100. The van der Waals surface area contributed by atoms with Crippen molar-refractivity contribution in [3.8, 4) is 0 Å². The van der Waals surface area contributed by atoms with Crippen LogP contribution in [0.4, 0.5) is 13.2 Å². The van der Waals surface area contributed by atoms with E-state index in [1.165, 1.54) is 31.2 Å². The van der Waals surface area contributed by atoms with Crippen molar-refractivity contribution in [1.82, 2.24) is 4.98 Å². The van der Waals surface area contributed by atoms with Crippen LogP contribution in [0.5, 0.6) is 0 Å². The van der Waals surface area contributed by atoms with Gasteiger partial charge in [0.2, 0.25) is 0 Å². The maximum absolute atomic E-state index is 15.6. The standard InChI is InChI=1S/C21H22F3N3O2/c1-3-21(20(2,24)12-29-11-19(25)27-21)15-8-13(4-6-16(15)23)9-18(28)17-7-5-14(22)10-26-17/h4-8,10H,3,9,11-12H2,1-2H3,(H2,25,27)/t20?,21-/m1/s1. The minimum atomic E-state index is -2.02. The summed E-state index contributed by atoms with van der Waals surface area (Å²) < 4.78 is 48.7. The lowest BCUT2D eigenvalue weighted by atomic mass is 9.74. The number of rotatable bonds is 5. The number of pyridine rings is 1. The lowest BCUT2D eigenvalue weighted by Gasteiger charge is -2.39. The van der Waals surface area contributed by atoms with Crippen molar-refractivity contribution < 1.29 is 22.7 Å². The van der Waals surface area contributed by atoms with E-state index in [1.807, 2.05) is 0 Å². The van der Waals surface area contributed by atoms with Crippen LogP contribution in [-0.4, -0.2) is 35.5 Å². The summed E-state index contributed by atoms with van der Waals surface area (Å²) in [7, 11) is 0. The Hall–Kier alpha value is -2.74. The number of carbonyl (C=O) groups is 1. The molecule has 2 aromatic rings. The van der Waals surface area contributed by atoms with Gasteiger partial charge in [-0.25, -0.2) is 13.2 Å². The number of ketones is 1. The first-order valence-electron chi connectivity index (χ1n) is 9.23. The summed E-state index contributed by atoms with van der Waals surface area (Å²) in [5.41, 5.74) is 2.78. The highest BCUT2D eigenvalue weighted by Crippen LogP contribution is 2.45. The number of nitrogens with zero attached hydrogens (tertiary/aromatic N) is 2. The molecule has 0 saturated heterocycles. The van der Waals surface area contributed by atoms with Crippen molar-refractivity contribution in [3.05, 3.63) is 65.0 Å². The van der Waals surface area contributed by atoms with Gasteiger partial charge in [0.05, 0.1) is 12.8 Å². The molecule has 0 spiro atoms. The molecule has 8 heteroatoms. The Kier molecular flexibility index (Phi) is 5.75. The van der Waals surface area contributed by atoms with Crippen LogP contribution < -0.4 is 5.73 Å². The highest BCUT2D eigenvalue weighted by atomic mass is 19.1. The highest BCUT2D eigenvalue weighted by Gasteiger charge is 2.52. The van der Waals surface area contributed by atoms with Crippen molar-refractivity contribution in [2.24, 2.45) is 10.7 Å². The van der Waals surface area contributed by atoms with E-state index >= 15 is 4.39 Å². The second-order valence-corrected chi connectivity index (χ2v) is 7.28. The number of amidine groups is 1. The smallest absolute Gasteiger partial charge is 0.185 e. The molecule has 2 atom stereocenters. The number of halogens is 3. The van der Waals surface area contributed by atoms with Gasteiger partial charge in [0.15, 0.2) is 11.5 Å². The van der Waals surface area contributed by atoms with Crippen LogP contribution in [0.15, 0.2) is 41.5 Å². The molecular weight excluding hydrogens is 383 g/mol. The van der Waals surface area contributed by atoms with Gasteiger partial charge in [-0.1, -0.05) is 13.0 Å². The van der Waals surface area contributed by atoms with E-state index in [4.69, 9.17) is 10.5 Å². The Bertz CT molecular complexity index is 945. The summed E-state index contributed by atoms with van der Waals surface area (Å²) in [5.74, 6) is -1.50. The molecular formula is C21H22F3N3O2. The van der Waals surface area contributed by atoms with Crippen LogP contribution in [0, 0.1) is 11.6 Å². The van der Waals surface area contributed by atoms with Crippen LogP contribution in [0.3, 0.4) is 0 Å². The highest BCUT2D eigenvalue weighted by molar-refractivity contribution is 5.95. The molecule has 0 fully saturated rings. The second kappa shape index (κ2) is 7.94. The van der Waals surface area contributed by atoms with E-state index in [2.05, 4.69) is 9.98 Å². The number of hydrogen-bond donors (Lipinski definition) is 1. The Morgan fingerprint density at radius 1 is 1.28 bits per heavy atom. The van der Waals surface area contributed by atoms with Crippen molar-refractivity contribution in [2.45, 2.75) is 37.9 Å². The molecule has 1 aromatic heterocycles. The second-order valence-electron chi connectivity index (χ2n) is 7.28. The first-order chi connectivity index (χ1) is 13.7. The fourth-order valence-corrected chi connectivity index (χ4v) is 3.66. The molecule has 0 bridgehead atoms. The molecule has 1 aliphatic rings. The van der Waals surface area contributed by atoms with Crippen molar-refractivity contribution in [2.75, 3.05) is 13.2 Å². The van der Waals surface area contributed by atoms with Gasteiger partial charge in [0.1, 0.15) is 35.3 Å². The zero-order valence-electron chi connectivity index (χ0n) is 16.2. The third kappa shape index (κ3) is 4.03. The Labute approximate surface area is 166 Å². The normalized spacial score (nSPS) is 24.7. The van der Waals surface area contributed by atoms with Crippen molar-refractivity contribution in [3.63, 3.8) is 0 Å². The molecule has 1 aliphatic heterocycles. The first kappa shape index (κ1) is 21.0. The van der Waals surface area contributed by atoms with E-state index in [9.17, 15) is 13.6 Å². The topological polar surface area (TPSA) is 77.6 Å². The molecule has 0 aliphatic carbocycles. The van der Waals surface area contributed by atoms with Crippen molar-refractivity contribution >= 4 is 11.6 Å². The molecule has 29 heavy (non-hydrogen) atoms. The van der Waals surface area contributed by atoms with E-state index in [0.29, 0.717) is 5.56 Å². The number of nitrogens with two attached hydrogens (primary N) is 1. The number of alkyl halides is 1. The van der Waals surface area contributed by atoms with Crippen LogP contribution in [0.2, 0.25) is 0 Å².